The second-order valence-corrected chi connectivity index (χ2v) is 7.84. The molecule has 124 valence electrons. The van der Waals surface area contributed by atoms with E-state index in [1.165, 1.54) is 7.11 Å². The molecule has 1 aromatic carbocycles. The molecule has 1 aromatic rings. The fourth-order valence-corrected chi connectivity index (χ4v) is 3.08. The van der Waals surface area contributed by atoms with Gasteiger partial charge in [0.05, 0.1) is 7.11 Å². The summed E-state index contributed by atoms with van der Waals surface area (Å²) < 4.78 is 5.10. The summed E-state index contributed by atoms with van der Waals surface area (Å²) in [6.07, 6.45) is 1.01. The smallest absolute Gasteiger partial charge is 0.166 e. The maximum atomic E-state index is 9.59. The third kappa shape index (κ3) is 6.52. The molecule has 0 aliphatic heterocycles. The number of aromatic hydroxyl groups is 1. The molecular formula is C17H28N2O2S. The topological polar surface area (TPSA) is 53.5 Å². The molecule has 0 fully saturated rings. The van der Waals surface area contributed by atoms with Gasteiger partial charge in [-0.05, 0) is 55.6 Å². The van der Waals surface area contributed by atoms with Crippen LogP contribution in [0.1, 0.15) is 46.6 Å². The van der Waals surface area contributed by atoms with Crippen LogP contribution < -0.4 is 15.4 Å². The highest BCUT2D eigenvalue weighted by atomic mass is 32.1. The molecule has 3 N–H and O–H groups in total. The zero-order valence-corrected chi connectivity index (χ0v) is 15.2. The maximum Gasteiger partial charge on any atom is 0.166 e. The van der Waals surface area contributed by atoms with Gasteiger partial charge in [-0.2, -0.15) is 0 Å². The van der Waals surface area contributed by atoms with Gasteiger partial charge in [-0.1, -0.05) is 26.8 Å². The Balaban J connectivity index is 2.56. The van der Waals surface area contributed by atoms with E-state index in [1.807, 2.05) is 6.07 Å². The highest BCUT2D eigenvalue weighted by molar-refractivity contribution is 7.80. The minimum atomic E-state index is -0.0744. The summed E-state index contributed by atoms with van der Waals surface area (Å²) in [6, 6.07) is 5.26. The van der Waals surface area contributed by atoms with Crippen molar-refractivity contribution in [3.63, 3.8) is 0 Å². The van der Waals surface area contributed by atoms with Crippen molar-refractivity contribution in [1.29, 1.82) is 0 Å². The molecule has 5 heteroatoms. The lowest BCUT2D eigenvalue weighted by Crippen LogP contribution is -2.49. The quantitative estimate of drug-likeness (QED) is 0.723. The van der Waals surface area contributed by atoms with Crippen molar-refractivity contribution in [1.82, 2.24) is 10.6 Å². The Hall–Kier alpha value is -1.49. The molecule has 0 heterocycles. The first-order valence-electron chi connectivity index (χ1n) is 7.44. The average molecular weight is 324 g/mol. The average Bonchev–Trinajstić information content (AvgIpc) is 2.34. The molecule has 0 radical (unpaired) electrons. The highest BCUT2D eigenvalue weighted by Gasteiger charge is 2.25. The predicted octanol–water partition coefficient (Wildman–Crippen LogP) is 3.58. The number of methoxy groups -OCH3 is 1. The number of hydrogen-bond acceptors (Lipinski definition) is 3. The fourth-order valence-electron chi connectivity index (χ4n) is 2.74. The third-order valence-electron chi connectivity index (χ3n) is 3.12. The lowest BCUT2D eigenvalue weighted by molar-refractivity contribution is 0.266. The summed E-state index contributed by atoms with van der Waals surface area (Å²) >= 11 is 5.37. The van der Waals surface area contributed by atoms with Gasteiger partial charge >= 0.3 is 0 Å². The standard InChI is InChI=1S/C17H28N2O2S/c1-16(2,3)11-17(4,5)19-15(22)18-10-12-7-8-13(20)14(9-12)21-6/h7-9,20H,10-11H2,1-6H3,(H2,18,19,22). The van der Waals surface area contributed by atoms with Crippen molar-refractivity contribution in [3.05, 3.63) is 23.8 Å². The SMILES string of the molecule is COc1cc(CNC(=S)NC(C)(C)CC(C)(C)C)ccc1O. The number of nitrogens with one attached hydrogen (secondary N) is 2. The minimum Gasteiger partial charge on any atom is -0.504 e. The van der Waals surface area contributed by atoms with E-state index in [2.05, 4.69) is 45.3 Å². The first-order chi connectivity index (χ1) is 10.0. The Morgan fingerprint density at radius 3 is 2.41 bits per heavy atom. The van der Waals surface area contributed by atoms with E-state index >= 15 is 0 Å². The van der Waals surface area contributed by atoms with Gasteiger partial charge in [-0.15, -0.1) is 0 Å². The van der Waals surface area contributed by atoms with Crippen molar-refractivity contribution in [2.75, 3.05) is 7.11 Å². The molecule has 0 bridgehead atoms. The number of phenols is 1. The van der Waals surface area contributed by atoms with Crippen LogP contribution in [-0.2, 0) is 6.54 Å². The molecule has 22 heavy (non-hydrogen) atoms. The zero-order chi connectivity index (χ0) is 17.0. The molecule has 1 rings (SSSR count). The molecule has 0 unspecified atom stereocenters. The number of thiocarbonyl (C=S) groups is 1. The van der Waals surface area contributed by atoms with E-state index in [9.17, 15) is 5.11 Å². The van der Waals surface area contributed by atoms with Crippen molar-refractivity contribution in [2.24, 2.45) is 5.41 Å². The molecule has 0 spiro atoms. The Morgan fingerprint density at radius 1 is 1.23 bits per heavy atom. The van der Waals surface area contributed by atoms with E-state index < -0.39 is 0 Å². The molecule has 0 saturated heterocycles. The Morgan fingerprint density at radius 2 is 1.86 bits per heavy atom. The number of ether oxygens (including phenoxy) is 1. The zero-order valence-electron chi connectivity index (χ0n) is 14.4. The number of phenolic OH excluding ortho intramolecular Hbond substituents is 1. The summed E-state index contributed by atoms with van der Waals surface area (Å²) in [5, 5.41) is 16.8. The number of hydrogen-bond donors (Lipinski definition) is 3. The number of rotatable bonds is 5. The molecule has 0 atom stereocenters. The second-order valence-electron chi connectivity index (χ2n) is 7.44. The van der Waals surface area contributed by atoms with E-state index in [-0.39, 0.29) is 16.7 Å². The molecule has 0 aliphatic carbocycles. The van der Waals surface area contributed by atoms with Crippen LogP contribution >= 0.6 is 12.2 Å². The maximum absolute atomic E-state index is 9.59. The van der Waals surface area contributed by atoms with Gasteiger partial charge in [-0.25, -0.2) is 0 Å². The summed E-state index contributed by atoms with van der Waals surface area (Å²) in [5.41, 5.74) is 1.15. The fraction of sp³-hybridized carbons (Fsp3) is 0.588. The van der Waals surface area contributed by atoms with Crippen LogP contribution in [0.5, 0.6) is 11.5 Å². The van der Waals surface area contributed by atoms with Crippen LogP contribution in [0.15, 0.2) is 18.2 Å². The van der Waals surface area contributed by atoms with Gasteiger partial charge < -0.3 is 20.5 Å². The van der Waals surface area contributed by atoms with Crippen LogP contribution in [0.4, 0.5) is 0 Å². The summed E-state index contributed by atoms with van der Waals surface area (Å²) in [4.78, 5) is 0. The molecule has 0 aromatic heterocycles. The van der Waals surface area contributed by atoms with Gasteiger partial charge in [0.1, 0.15) is 0 Å². The monoisotopic (exact) mass is 324 g/mol. The minimum absolute atomic E-state index is 0.0744. The van der Waals surface area contributed by atoms with E-state index in [0.717, 1.165) is 12.0 Å². The number of benzene rings is 1. The van der Waals surface area contributed by atoms with Crippen LogP contribution in [0.3, 0.4) is 0 Å². The molecule has 0 aliphatic rings. The Labute approximate surface area is 139 Å². The van der Waals surface area contributed by atoms with E-state index in [1.54, 1.807) is 12.1 Å². The first-order valence-corrected chi connectivity index (χ1v) is 7.85. The van der Waals surface area contributed by atoms with Gasteiger partial charge in [-0.3, -0.25) is 0 Å². The van der Waals surface area contributed by atoms with Crippen molar-refractivity contribution in [3.8, 4) is 11.5 Å². The summed E-state index contributed by atoms with van der Waals surface area (Å²) in [5.74, 6) is 0.601. The van der Waals surface area contributed by atoms with Crippen molar-refractivity contribution >= 4 is 17.3 Å². The highest BCUT2D eigenvalue weighted by Crippen LogP contribution is 2.27. The lowest BCUT2D eigenvalue weighted by atomic mass is 9.82. The van der Waals surface area contributed by atoms with E-state index in [4.69, 9.17) is 17.0 Å². The Bertz CT molecular complexity index is 522. The van der Waals surface area contributed by atoms with Gasteiger partial charge in [0.15, 0.2) is 16.6 Å². The largest absolute Gasteiger partial charge is 0.504 e. The van der Waals surface area contributed by atoms with Crippen LogP contribution in [0.2, 0.25) is 0 Å². The summed E-state index contributed by atoms with van der Waals surface area (Å²) in [6.45, 7) is 11.5. The van der Waals surface area contributed by atoms with Gasteiger partial charge in [0, 0.05) is 12.1 Å². The third-order valence-corrected chi connectivity index (χ3v) is 3.37. The van der Waals surface area contributed by atoms with Gasteiger partial charge in [0.2, 0.25) is 0 Å². The second kappa shape index (κ2) is 7.18. The van der Waals surface area contributed by atoms with Crippen molar-refractivity contribution in [2.45, 2.75) is 53.1 Å². The van der Waals surface area contributed by atoms with E-state index in [0.29, 0.717) is 17.4 Å². The van der Waals surface area contributed by atoms with Gasteiger partial charge in [0.25, 0.3) is 0 Å². The Kier molecular flexibility index (Phi) is 6.06. The molecule has 4 nitrogen and oxygen atoms in total. The van der Waals surface area contributed by atoms with Crippen LogP contribution in [-0.4, -0.2) is 22.9 Å². The van der Waals surface area contributed by atoms with Crippen LogP contribution in [0, 0.1) is 5.41 Å². The predicted molar refractivity (Wildman–Crippen MR) is 95.4 cm³/mol. The van der Waals surface area contributed by atoms with Crippen LogP contribution in [0.25, 0.3) is 0 Å². The summed E-state index contributed by atoms with van der Waals surface area (Å²) in [7, 11) is 1.54. The van der Waals surface area contributed by atoms with Crippen molar-refractivity contribution < 1.29 is 9.84 Å². The molecule has 0 amide bonds. The normalized spacial score (nSPS) is 11.9. The first kappa shape index (κ1) is 18.6. The lowest BCUT2D eigenvalue weighted by Gasteiger charge is -2.34. The molecule has 0 saturated carbocycles. The molecular weight excluding hydrogens is 296 g/mol.